The summed E-state index contributed by atoms with van der Waals surface area (Å²) in [5, 5.41) is 11.4. The number of sulfonamides is 1. The largest absolute Gasteiger partial charge is 0.346 e. The zero-order valence-electron chi connectivity index (χ0n) is 21.3. The van der Waals surface area contributed by atoms with Crippen LogP contribution >= 0.6 is 11.6 Å². The molecule has 11 nitrogen and oxygen atoms in total. The minimum Gasteiger partial charge on any atom is -0.346 e. The Morgan fingerprint density at radius 3 is 2.64 bits per heavy atom. The molecule has 0 bridgehead atoms. The number of fused-ring (bicyclic) bond motifs is 1. The number of halogens is 1. The van der Waals surface area contributed by atoms with Crippen molar-refractivity contribution in [2.75, 3.05) is 19.6 Å². The first-order chi connectivity index (χ1) is 18.6. The van der Waals surface area contributed by atoms with Crippen molar-refractivity contribution in [3.05, 3.63) is 59.4 Å². The van der Waals surface area contributed by atoms with Crippen molar-refractivity contribution in [2.45, 2.75) is 49.2 Å². The molecule has 2 aromatic carbocycles. The van der Waals surface area contributed by atoms with Crippen LogP contribution in [-0.4, -0.2) is 83.9 Å². The van der Waals surface area contributed by atoms with E-state index in [1.807, 2.05) is 0 Å². The summed E-state index contributed by atoms with van der Waals surface area (Å²) in [7, 11) is -3.98. The molecule has 3 N–H and O–H groups in total. The summed E-state index contributed by atoms with van der Waals surface area (Å²) in [5.74, 6) is -0.991. The van der Waals surface area contributed by atoms with Crippen LogP contribution in [0.5, 0.6) is 0 Å². The number of hydrogen-bond donors (Lipinski definition) is 3. The van der Waals surface area contributed by atoms with E-state index in [9.17, 15) is 22.8 Å². The van der Waals surface area contributed by atoms with Crippen LogP contribution < -0.4 is 10.0 Å². The lowest BCUT2D eigenvalue weighted by molar-refractivity contribution is -0.144. The first-order valence-corrected chi connectivity index (χ1v) is 14.6. The van der Waals surface area contributed by atoms with Gasteiger partial charge in [-0.1, -0.05) is 23.7 Å². The van der Waals surface area contributed by atoms with Gasteiger partial charge in [-0.3, -0.25) is 19.5 Å². The molecule has 0 aliphatic carbocycles. The molecule has 2 aliphatic rings. The minimum absolute atomic E-state index is 0.0453. The number of aromatic amines is 1. The van der Waals surface area contributed by atoms with Gasteiger partial charge in [0.25, 0.3) is 5.91 Å². The molecule has 0 radical (unpaired) electrons. The Bertz CT molecular complexity index is 1510. The number of piperidine rings is 1. The van der Waals surface area contributed by atoms with Crippen LogP contribution in [0.3, 0.4) is 0 Å². The van der Waals surface area contributed by atoms with Crippen LogP contribution in [0.2, 0.25) is 5.02 Å². The summed E-state index contributed by atoms with van der Waals surface area (Å²) in [4.78, 5) is 42.0. The summed E-state index contributed by atoms with van der Waals surface area (Å²) in [6.45, 7) is 2.74. The van der Waals surface area contributed by atoms with E-state index in [1.165, 1.54) is 17.0 Å². The van der Waals surface area contributed by atoms with Crippen molar-refractivity contribution in [1.29, 1.82) is 0 Å². The van der Waals surface area contributed by atoms with Crippen LogP contribution in [0.25, 0.3) is 10.8 Å². The Hall–Kier alpha value is -3.48. The Morgan fingerprint density at radius 2 is 1.87 bits per heavy atom. The Morgan fingerprint density at radius 1 is 1.10 bits per heavy atom. The topological polar surface area (TPSA) is 145 Å². The molecule has 3 aromatic rings. The highest BCUT2D eigenvalue weighted by molar-refractivity contribution is 7.89. The standard InChI is InChI=1S/C26H29ClN6O5S/c1-16(25(35)32-11-2-3-20(15-32)29-24(34)22-8-10-28-30-22)33-12-9-23(26(33)36)31-39(37,38)21-7-5-17-13-19(27)6-4-18(17)14-21/h4-8,10,13-14,16,20,23,31H,2-3,9,11-12,15H2,1H3,(H,28,30)(H,29,34)/t16-,20?,23-/m0/s1. The van der Waals surface area contributed by atoms with E-state index in [4.69, 9.17) is 11.6 Å². The molecular formula is C26H29ClN6O5S. The molecule has 2 aliphatic heterocycles. The summed E-state index contributed by atoms with van der Waals surface area (Å²) in [5.41, 5.74) is 0.274. The number of H-pyrrole nitrogens is 1. The van der Waals surface area contributed by atoms with Crippen molar-refractivity contribution < 1.29 is 22.8 Å². The highest BCUT2D eigenvalue weighted by Crippen LogP contribution is 2.24. The molecule has 13 heteroatoms. The maximum atomic E-state index is 13.3. The summed E-state index contributed by atoms with van der Waals surface area (Å²) in [6, 6.07) is 9.46. The fourth-order valence-electron chi connectivity index (χ4n) is 5.15. The van der Waals surface area contributed by atoms with Gasteiger partial charge in [-0.15, -0.1) is 0 Å². The minimum atomic E-state index is -3.98. The van der Waals surface area contributed by atoms with Gasteiger partial charge in [0.05, 0.1) is 4.90 Å². The molecule has 2 fully saturated rings. The summed E-state index contributed by atoms with van der Waals surface area (Å²) < 4.78 is 28.7. The summed E-state index contributed by atoms with van der Waals surface area (Å²) >= 11 is 6.02. The number of nitrogens with one attached hydrogen (secondary N) is 3. The summed E-state index contributed by atoms with van der Waals surface area (Å²) in [6.07, 6.45) is 3.24. The Kier molecular flexibility index (Phi) is 7.61. The molecule has 0 spiro atoms. The van der Waals surface area contributed by atoms with Crippen LogP contribution in [0, 0.1) is 0 Å². The smallest absolute Gasteiger partial charge is 0.272 e. The second-order valence-corrected chi connectivity index (χ2v) is 12.0. The SMILES string of the molecule is C[C@@H](C(=O)N1CCCC(NC(=O)c2cc[nH]n2)C1)N1CC[C@H](NS(=O)(=O)c2ccc3cc(Cl)ccc3c2)C1=O. The lowest BCUT2D eigenvalue weighted by Gasteiger charge is -2.36. The number of rotatable bonds is 7. The monoisotopic (exact) mass is 572 g/mol. The second-order valence-electron chi connectivity index (χ2n) is 9.88. The number of aromatic nitrogens is 2. The predicted octanol–water partition coefficient (Wildman–Crippen LogP) is 1.90. The van der Waals surface area contributed by atoms with E-state index < -0.39 is 28.0 Å². The molecule has 3 atom stereocenters. The average Bonchev–Trinajstić information content (AvgIpc) is 3.58. The van der Waals surface area contributed by atoms with Gasteiger partial charge in [-0.05, 0) is 67.3 Å². The molecule has 3 heterocycles. The Balaban J connectivity index is 1.20. The molecule has 1 aromatic heterocycles. The van der Waals surface area contributed by atoms with Crippen molar-refractivity contribution in [3.8, 4) is 0 Å². The maximum Gasteiger partial charge on any atom is 0.272 e. The number of nitrogens with zero attached hydrogens (tertiary/aromatic N) is 3. The first kappa shape index (κ1) is 27.1. The van der Waals surface area contributed by atoms with Gasteiger partial charge in [0, 0.05) is 36.9 Å². The van der Waals surface area contributed by atoms with Crippen LogP contribution in [-0.2, 0) is 19.6 Å². The van der Waals surface area contributed by atoms with Gasteiger partial charge in [0.1, 0.15) is 17.8 Å². The van der Waals surface area contributed by atoms with Crippen molar-refractivity contribution in [2.24, 2.45) is 0 Å². The van der Waals surface area contributed by atoms with E-state index in [1.54, 1.807) is 48.4 Å². The van der Waals surface area contributed by atoms with Gasteiger partial charge in [-0.25, -0.2) is 8.42 Å². The fraction of sp³-hybridized carbons (Fsp3) is 0.385. The highest BCUT2D eigenvalue weighted by Gasteiger charge is 2.40. The lowest BCUT2D eigenvalue weighted by Crippen LogP contribution is -2.55. The average molecular weight is 573 g/mol. The van der Waals surface area contributed by atoms with Gasteiger partial charge in [-0.2, -0.15) is 9.82 Å². The van der Waals surface area contributed by atoms with Crippen molar-refractivity contribution >= 4 is 50.1 Å². The number of carbonyl (C=O) groups is 3. The third kappa shape index (κ3) is 5.77. The van der Waals surface area contributed by atoms with Gasteiger partial charge < -0.3 is 15.1 Å². The molecule has 5 rings (SSSR count). The molecular weight excluding hydrogens is 544 g/mol. The van der Waals surface area contributed by atoms with Crippen LogP contribution in [0.4, 0.5) is 0 Å². The van der Waals surface area contributed by atoms with E-state index >= 15 is 0 Å². The van der Waals surface area contributed by atoms with Crippen LogP contribution in [0.1, 0.15) is 36.7 Å². The number of benzene rings is 2. The third-order valence-electron chi connectivity index (χ3n) is 7.25. The second kappa shape index (κ2) is 10.9. The van der Waals surface area contributed by atoms with Gasteiger partial charge in [0.15, 0.2) is 0 Å². The first-order valence-electron chi connectivity index (χ1n) is 12.7. The molecule has 3 amide bonds. The quantitative estimate of drug-likeness (QED) is 0.394. The number of likely N-dealkylation sites (tertiary alicyclic amines) is 2. The van der Waals surface area contributed by atoms with E-state index in [2.05, 4.69) is 20.2 Å². The zero-order chi connectivity index (χ0) is 27.7. The number of hydrogen-bond acceptors (Lipinski definition) is 6. The molecule has 206 valence electrons. The third-order valence-corrected chi connectivity index (χ3v) is 8.95. The maximum absolute atomic E-state index is 13.3. The van der Waals surface area contributed by atoms with E-state index in [0.717, 1.165) is 11.8 Å². The highest BCUT2D eigenvalue weighted by atomic mass is 35.5. The predicted molar refractivity (Wildman–Crippen MR) is 145 cm³/mol. The number of amides is 3. The molecule has 2 saturated heterocycles. The lowest BCUT2D eigenvalue weighted by atomic mass is 10.0. The fourth-order valence-corrected chi connectivity index (χ4v) is 6.59. The molecule has 0 saturated carbocycles. The van der Waals surface area contributed by atoms with E-state index in [0.29, 0.717) is 29.9 Å². The van der Waals surface area contributed by atoms with Crippen molar-refractivity contribution in [3.63, 3.8) is 0 Å². The van der Waals surface area contributed by atoms with Gasteiger partial charge >= 0.3 is 0 Å². The molecule has 39 heavy (non-hydrogen) atoms. The van der Waals surface area contributed by atoms with Crippen LogP contribution in [0.15, 0.2) is 53.6 Å². The van der Waals surface area contributed by atoms with Crippen molar-refractivity contribution in [1.82, 2.24) is 30.0 Å². The molecule has 1 unspecified atom stereocenters. The zero-order valence-corrected chi connectivity index (χ0v) is 22.8. The van der Waals surface area contributed by atoms with E-state index in [-0.39, 0.29) is 41.4 Å². The number of carbonyl (C=O) groups excluding carboxylic acids is 3. The normalized spacial score (nSPS) is 20.8. The van der Waals surface area contributed by atoms with Gasteiger partial charge in [0.2, 0.25) is 21.8 Å². The Labute approximate surface area is 230 Å².